The minimum Gasteiger partial charge on any atom is -0.547 e. The molecule has 1 unspecified atom stereocenters. The van der Waals surface area contributed by atoms with Gasteiger partial charge in [0.1, 0.15) is 25.5 Å². The van der Waals surface area contributed by atoms with Gasteiger partial charge in [-0.3, -0.25) is 0 Å². The zero-order valence-corrected chi connectivity index (χ0v) is 14.2. The van der Waals surface area contributed by atoms with E-state index in [0.717, 1.165) is 20.0 Å². The highest BCUT2D eigenvalue weighted by Crippen LogP contribution is 2.02. The molecule has 1 N–H and O–H groups in total. The van der Waals surface area contributed by atoms with E-state index in [0.29, 0.717) is 0 Å². The number of aliphatic carboxylic acids is 1. The second-order valence-electron chi connectivity index (χ2n) is 5.72. The summed E-state index contributed by atoms with van der Waals surface area (Å²) in [6.45, 7) is 2.97. The summed E-state index contributed by atoms with van der Waals surface area (Å²) in [5.74, 6) is -1.44. The highest BCUT2D eigenvalue weighted by molar-refractivity contribution is 5.68. The first-order valence-electron chi connectivity index (χ1n) is 8.06. The number of rotatable bonds is 5. The zero-order valence-electron chi connectivity index (χ0n) is 14.2. The molecule has 3 rings (SSSR count). The Labute approximate surface area is 147 Å². The SMILES string of the molecule is CC(O)C(=O)[O-].c1ccc(Cn2cc[n+](Cc3ccccc3)c2)cc1. The van der Waals surface area contributed by atoms with Crippen molar-refractivity contribution in [2.75, 3.05) is 0 Å². The lowest BCUT2D eigenvalue weighted by Crippen LogP contribution is -2.32. The van der Waals surface area contributed by atoms with Gasteiger partial charge in [-0.2, -0.15) is 0 Å². The number of hydrogen-bond donors (Lipinski definition) is 1. The molecule has 0 saturated carbocycles. The van der Waals surface area contributed by atoms with Crippen LogP contribution in [-0.4, -0.2) is 21.7 Å². The number of carbonyl (C=O) groups excluding carboxylic acids is 1. The van der Waals surface area contributed by atoms with E-state index in [4.69, 9.17) is 5.11 Å². The molecule has 3 aromatic rings. The maximum atomic E-state index is 9.34. The van der Waals surface area contributed by atoms with Gasteiger partial charge in [0.05, 0.1) is 12.1 Å². The molecule has 0 amide bonds. The van der Waals surface area contributed by atoms with E-state index in [1.165, 1.54) is 11.1 Å². The van der Waals surface area contributed by atoms with E-state index in [9.17, 15) is 9.90 Å². The first-order chi connectivity index (χ1) is 12.0. The summed E-state index contributed by atoms with van der Waals surface area (Å²) in [6, 6.07) is 21.0. The van der Waals surface area contributed by atoms with Gasteiger partial charge in [0, 0.05) is 0 Å². The Morgan fingerprint density at radius 2 is 1.60 bits per heavy atom. The molecule has 0 fully saturated rings. The van der Waals surface area contributed by atoms with Gasteiger partial charge in [-0.05, 0) is 18.1 Å². The third-order valence-corrected chi connectivity index (χ3v) is 3.50. The van der Waals surface area contributed by atoms with Crippen molar-refractivity contribution in [3.8, 4) is 0 Å². The van der Waals surface area contributed by atoms with Gasteiger partial charge in [-0.15, -0.1) is 0 Å². The number of aliphatic hydroxyl groups excluding tert-OH is 1. The summed E-state index contributed by atoms with van der Waals surface area (Å²) < 4.78 is 4.41. The first-order valence-corrected chi connectivity index (χ1v) is 8.06. The average molecular weight is 338 g/mol. The van der Waals surface area contributed by atoms with Crippen molar-refractivity contribution in [3.05, 3.63) is 90.5 Å². The van der Waals surface area contributed by atoms with E-state index < -0.39 is 12.1 Å². The Balaban J connectivity index is 0.000000326. The highest BCUT2D eigenvalue weighted by Gasteiger charge is 2.05. The molecule has 0 bridgehead atoms. The fourth-order valence-electron chi connectivity index (χ4n) is 2.21. The number of carboxylic acid groups (broad SMARTS) is 1. The minimum atomic E-state index is -1.44. The molecular formula is C20H22N2O3. The van der Waals surface area contributed by atoms with Crippen LogP contribution in [0, 0.1) is 0 Å². The summed E-state index contributed by atoms with van der Waals surface area (Å²) in [7, 11) is 0. The maximum absolute atomic E-state index is 9.34. The highest BCUT2D eigenvalue weighted by atomic mass is 16.4. The van der Waals surface area contributed by atoms with Crippen LogP contribution >= 0.6 is 0 Å². The smallest absolute Gasteiger partial charge is 0.244 e. The topological polar surface area (TPSA) is 69.2 Å². The first kappa shape index (κ1) is 18.4. The summed E-state index contributed by atoms with van der Waals surface area (Å²) in [5.41, 5.74) is 2.65. The molecule has 0 aliphatic rings. The number of carboxylic acids is 1. The molecule has 0 spiro atoms. The lowest BCUT2D eigenvalue weighted by Gasteiger charge is -2.00. The molecule has 2 aromatic carbocycles. The molecule has 1 heterocycles. The van der Waals surface area contributed by atoms with Crippen LogP contribution in [0.1, 0.15) is 18.1 Å². The van der Waals surface area contributed by atoms with E-state index in [-0.39, 0.29) is 0 Å². The Morgan fingerprint density at radius 1 is 1.08 bits per heavy atom. The molecule has 0 radical (unpaired) electrons. The van der Waals surface area contributed by atoms with Gasteiger partial charge in [-0.1, -0.05) is 60.7 Å². The van der Waals surface area contributed by atoms with Crippen LogP contribution in [0.4, 0.5) is 0 Å². The van der Waals surface area contributed by atoms with Gasteiger partial charge in [0.2, 0.25) is 6.33 Å². The van der Waals surface area contributed by atoms with Crippen LogP contribution in [0.3, 0.4) is 0 Å². The average Bonchev–Trinajstić information content (AvgIpc) is 3.04. The Hall–Kier alpha value is -2.92. The molecule has 1 atom stereocenters. The van der Waals surface area contributed by atoms with Crippen LogP contribution in [0.5, 0.6) is 0 Å². The number of nitrogens with zero attached hydrogens (tertiary/aromatic N) is 2. The van der Waals surface area contributed by atoms with Crippen LogP contribution in [0.25, 0.3) is 0 Å². The van der Waals surface area contributed by atoms with Crippen molar-refractivity contribution >= 4 is 5.97 Å². The van der Waals surface area contributed by atoms with E-state index in [1.807, 2.05) is 0 Å². The molecule has 1 aromatic heterocycles. The fraction of sp³-hybridized carbons (Fsp3) is 0.200. The van der Waals surface area contributed by atoms with Crippen molar-refractivity contribution in [3.63, 3.8) is 0 Å². The number of imidazole rings is 1. The molecule has 0 saturated heterocycles. The van der Waals surface area contributed by atoms with E-state index in [2.05, 4.69) is 88.5 Å². The third-order valence-electron chi connectivity index (χ3n) is 3.50. The largest absolute Gasteiger partial charge is 0.547 e. The van der Waals surface area contributed by atoms with Crippen LogP contribution in [0.15, 0.2) is 79.4 Å². The normalized spacial score (nSPS) is 11.3. The Morgan fingerprint density at radius 3 is 2.12 bits per heavy atom. The number of hydrogen-bond acceptors (Lipinski definition) is 3. The van der Waals surface area contributed by atoms with Crippen LogP contribution < -0.4 is 9.67 Å². The lowest BCUT2D eigenvalue weighted by molar-refractivity contribution is -0.687. The minimum absolute atomic E-state index is 0.919. The van der Waals surface area contributed by atoms with E-state index >= 15 is 0 Å². The monoisotopic (exact) mass is 338 g/mol. The van der Waals surface area contributed by atoms with Crippen molar-refractivity contribution in [2.45, 2.75) is 26.1 Å². The molecule has 5 nitrogen and oxygen atoms in total. The van der Waals surface area contributed by atoms with Gasteiger partial charge in [-0.25, -0.2) is 9.13 Å². The number of benzene rings is 2. The maximum Gasteiger partial charge on any atom is 0.244 e. The second kappa shape index (κ2) is 9.39. The predicted octanol–water partition coefficient (Wildman–Crippen LogP) is 0.989. The van der Waals surface area contributed by atoms with Crippen LogP contribution in [-0.2, 0) is 17.9 Å². The fourth-order valence-corrected chi connectivity index (χ4v) is 2.21. The third kappa shape index (κ3) is 6.61. The predicted molar refractivity (Wildman–Crippen MR) is 92.4 cm³/mol. The van der Waals surface area contributed by atoms with Gasteiger partial charge in [0.15, 0.2) is 0 Å². The molecular weight excluding hydrogens is 316 g/mol. The van der Waals surface area contributed by atoms with Gasteiger partial charge in [0.25, 0.3) is 0 Å². The molecule has 0 aliphatic heterocycles. The van der Waals surface area contributed by atoms with Crippen molar-refractivity contribution in [2.24, 2.45) is 0 Å². The van der Waals surface area contributed by atoms with E-state index in [1.54, 1.807) is 0 Å². The summed E-state index contributed by atoms with van der Waals surface area (Å²) in [6.07, 6.45) is 5.05. The van der Waals surface area contributed by atoms with Gasteiger partial charge < -0.3 is 15.0 Å². The molecule has 0 aliphatic carbocycles. The summed E-state index contributed by atoms with van der Waals surface area (Å²) in [5, 5.41) is 17.3. The number of aliphatic hydroxyl groups is 1. The summed E-state index contributed by atoms with van der Waals surface area (Å²) in [4.78, 5) is 9.34. The molecule has 5 heteroatoms. The standard InChI is InChI=1S/C17H17N2.C3H6O3/c1-3-7-16(8-4-1)13-18-11-12-19(15-18)14-17-9-5-2-6-10-17;1-2(4)3(5)6/h1-12,15H,13-14H2;2,4H,1H3,(H,5,6)/q+1;/p-1. The quantitative estimate of drug-likeness (QED) is 0.706. The number of aromatic nitrogens is 2. The Bertz CT molecular complexity index is 712. The zero-order chi connectivity index (χ0) is 18.1. The second-order valence-corrected chi connectivity index (χ2v) is 5.72. The summed E-state index contributed by atoms with van der Waals surface area (Å²) >= 11 is 0. The molecule has 25 heavy (non-hydrogen) atoms. The van der Waals surface area contributed by atoms with Crippen LogP contribution in [0.2, 0.25) is 0 Å². The number of carbonyl (C=O) groups is 1. The van der Waals surface area contributed by atoms with Gasteiger partial charge >= 0.3 is 0 Å². The molecule has 130 valence electrons. The van der Waals surface area contributed by atoms with Crippen molar-refractivity contribution in [1.82, 2.24) is 4.57 Å². The Kier molecular flexibility index (Phi) is 6.92. The van der Waals surface area contributed by atoms with Crippen molar-refractivity contribution < 1.29 is 19.6 Å². The van der Waals surface area contributed by atoms with Crippen molar-refractivity contribution in [1.29, 1.82) is 0 Å². The lowest BCUT2D eigenvalue weighted by atomic mass is 10.2.